The van der Waals surface area contributed by atoms with Gasteiger partial charge in [0.1, 0.15) is 0 Å². The first-order valence-corrected chi connectivity index (χ1v) is 13.3. The molecule has 1 amide bonds. The van der Waals surface area contributed by atoms with Crippen LogP contribution in [0.1, 0.15) is 45.5 Å². The summed E-state index contributed by atoms with van der Waals surface area (Å²) in [5.41, 5.74) is 4.69. The number of ether oxygens (including phenoxy) is 2. The molecule has 0 saturated carbocycles. The fourth-order valence-corrected chi connectivity index (χ4v) is 5.04. The molecular weight excluding hydrogens is 520 g/mol. The van der Waals surface area contributed by atoms with Crippen LogP contribution in [0, 0.1) is 0 Å². The number of esters is 2. The Bertz CT molecular complexity index is 1350. The molecule has 3 N–H and O–H groups in total. The Balaban J connectivity index is 1.28. The van der Waals surface area contributed by atoms with E-state index in [-0.39, 0.29) is 25.3 Å². The van der Waals surface area contributed by atoms with Crippen molar-refractivity contribution < 1.29 is 23.9 Å². The summed E-state index contributed by atoms with van der Waals surface area (Å²) < 4.78 is 11.4. The van der Waals surface area contributed by atoms with Gasteiger partial charge in [-0.05, 0) is 66.4 Å². The summed E-state index contributed by atoms with van der Waals surface area (Å²) in [7, 11) is 0. The van der Waals surface area contributed by atoms with E-state index in [4.69, 9.17) is 21.1 Å². The maximum Gasteiger partial charge on any atom is 0.309 e. The Morgan fingerprint density at radius 2 is 1.77 bits per heavy atom. The average molecular weight is 549 g/mol. The highest BCUT2D eigenvalue weighted by Gasteiger charge is 2.46. The molecule has 5 rings (SSSR count). The monoisotopic (exact) mass is 548 g/mol. The van der Waals surface area contributed by atoms with Crippen LogP contribution in [0.3, 0.4) is 0 Å². The average Bonchev–Trinajstić information content (AvgIpc) is 3.20. The van der Waals surface area contributed by atoms with Gasteiger partial charge >= 0.3 is 11.9 Å². The molecule has 1 spiro atoms. The van der Waals surface area contributed by atoms with Crippen LogP contribution in [0.5, 0.6) is 0 Å². The second-order valence-corrected chi connectivity index (χ2v) is 9.90. The van der Waals surface area contributed by atoms with Crippen LogP contribution in [0.25, 0.3) is 0 Å². The van der Waals surface area contributed by atoms with Crippen molar-refractivity contribution in [2.24, 2.45) is 0 Å². The highest BCUT2D eigenvalue weighted by molar-refractivity contribution is 6.33. The summed E-state index contributed by atoms with van der Waals surface area (Å²) in [4.78, 5) is 41.3. The van der Waals surface area contributed by atoms with Crippen LogP contribution >= 0.6 is 11.6 Å². The number of benzene rings is 2. The molecule has 1 aromatic heterocycles. The number of aromatic nitrogens is 1. The van der Waals surface area contributed by atoms with Crippen LogP contribution in [-0.2, 0) is 44.2 Å². The number of carbonyl (C=O) groups is 3. The maximum atomic E-state index is 12.5. The number of nitrogens with zero attached hydrogens (tertiary/aromatic N) is 1. The molecule has 2 aromatic carbocycles. The third kappa shape index (κ3) is 6.21. The van der Waals surface area contributed by atoms with E-state index in [9.17, 15) is 14.4 Å². The van der Waals surface area contributed by atoms with Crippen molar-refractivity contribution in [3.05, 3.63) is 93.8 Å². The van der Waals surface area contributed by atoms with Gasteiger partial charge in [0.05, 0.1) is 30.1 Å². The molecule has 0 aliphatic carbocycles. The fourth-order valence-electron chi connectivity index (χ4n) is 4.80. The lowest BCUT2D eigenvalue weighted by Gasteiger charge is -2.32. The zero-order chi connectivity index (χ0) is 27.2. The third-order valence-corrected chi connectivity index (χ3v) is 7.09. The van der Waals surface area contributed by atoms with Gasteiger partial charge < -0.3 is 25.4 Å². The molecule has 0 atom stereocenters. The lowest BCUT2D eigenvalue weighted by molar-refractivity contribution is -0.225. The molecule has 2 aliphatic heterocycles. The number of rotatable bonds is 7. The largest absolute Gasteiger partial charge is 0.416 e. The molecule has 9 nitrogen and oxygen atoms in total. The smallest absolute Gasteiger partial charge is 0.309 e. The van der Waals surface area contributed by atoms with Crippen LogP contribution < -0.4 is 16.0 Å². The van der Waals surface area contributed by atoms with Crippen molar-refractivity contribution in [3.63, 3.8) is 0 Å². The van der Waals surface area contributed by atoms with Crippen molar-refractivity contribution in [2.45, 2.75) is 38.0 Å². The Morgan fingerprint density at radius 3 is 2.49 bits per heavy atom. The highest BCUT2D eigenvalue weighted by atomic mass is 35.5. The summed E-state index contributed by atoms with van der Waals surface area (Å²) in [6.45, 7) is 1.71. The number of fused-ring (bicyclic) bond motifs is 2. The first-order valence-electron chi connectivity index (χ1n) is 12.9. The number of hydrogen-bond donors (Lipinski definition) is 3. The zero-order valence-corrected chi connectivity index (χ0v) is 22.1. The summed E-state index contributed by atoms with van der Waals surface area (Å²) >= 11 is 6.60. The van der Waals surface area contributed by atoms with Crippen molar-refractivity contribution in [3.8, 4) is 0 Å². The predicted octanol–water partition coefficient (Wildman–Crippen LogP) is 3.50. The molecule has 1 saturated heterocycles. The van der Waals surface area contributed by atoms with Crippen molar-refractivity contribution in [1.29, 1.82) is 0 Å². The van der Waals surface area contributed by atoms with E-state index >= 15 is 0 Å². The lowest BCUT2D eigenvalue weighted by atomic mass is 9.96. The second kappa shape index (κ2) is 11.8. The minimum absolute atomic E-state index is 0.0207. The van der Waals surface area contributed by atoms with Gasteiger partial charge in [-0.3, -0.25) is 19.4 Å². The molecule has 2 aliphatic rings. The van der Waals surface area contributed by atoms with E-state index in [0.717, 1.165) is 16.7 Å². The number of amides is 1. The van der Waals surface area contributed by atoms with E-state index in [1.54, 1.807) is 36.7 Å². The minimum atomic E-state index is -1.54. The lowest BCUT2D eigenvalue weighted by Crippen LogP contribution is -2.43. The molecule has 3 heterocycles. The number of nitrogens with one attached hydrogen (secondary N) is 3. The van der Waals surface area contributed by atoms with Crippen LogP contribution in [-0.4, -0.2) is 42.5 Å². The van der Waals surface area contributed by atoms with E-state index in [2.05, 4.69) is 20.9 Å². The van der Waals surface area contributed by atoms with Gasteiger partial charge in [-0.15, -0.1) is 0 Å². The highest BCUT2D eigenvalue weighted by Crippen LogP contribution is 2.40. The molecule has 3 aromatic rings. The molecule has 39 heavy (non-hydrogen) atoms. The van der Waals surface area contributed by atoms with E-state index in [1.807, 2.05) is 24.3 Å². The number of anilines is 1. The summed E-state index contributed by atoms with van der Waals surface area (Å²) in [6, 6.07) is 14.7. The van der Waals surface area contributed by atoms with Gasteiger partial charge in [0.25, 0.3) is 11.7 Å². The summed E-state index contributed by atoms with van der Waals surface area (Å²) in [6.07, 6.45) is 4.77. The Morgan fingerprint density at radius 1 is 1.00 bits per heavy atom. The molecule has 0 unspecified atom stereocenters. The fraction of sp³-hybridized carbons (Fsp3) is 0.310. The standard InChI is InChI=1S/C29H29ClN4O5/c30-24-8-7-23-22(12-14-32-18-29(23)38-25(35)9-10-26(36)39-29)27(24)34-17-20-3-5-21(6-4-20)28(37)33-15-11-19-2-1-13-31-16-19/h1-8,13,16,32,34H,9-12,14-15,17-18H2,(H,33,37). The van der Waals surface area contributed by atoms with Gasteiger partial charge in [-0.25, -0.2) is 0 Å². The Hall–Kier alpha value is -3.95. The maximum absolute atomic E-state index is 12.5. The first-order chi connectivity index (χ1) is 18.9. The molecule has 202 valence electrons. The van der Waals surface area contributed by atoms with Crippen LogP contribution in [0.4, 0.5) is 5.69 Å². The molecule has 0 bridgehead atoms. The van der Waals surface area contributed by atoms with Gasteiger partial charge in [0, 0.05) is 36.6 Å². The van der Waals surface area contributed by atoms with Gasteiger partial charge in [-0.2, -0.15) is 0 Å². The van der Waals surface area contributed by atoms with Crippen molar-refractivity contribution in [2.75, 3.05) is 25.0 Å². The topological polar surface area (TPSA) is 119 Å². The zero-order valence-electron chi connectivity index (χ0n) is 21.3. The number of pyridine rings is 1. The van der Waals surface area contributed by atoms with E-state index in [1.165, 1.54) is 0 Å². The van der Waals surface area contributed by atoms with Crippen molar-refractivity contribution in [1.82, 2.24) is 15.6 Å². The molecule has 0 radical (unpaired) electrons. The molecule has 1 fully saturated rings. The first kappa shape index (κ1) is 26.6. The predicted molar refractivity (Wildman–Crippen MR) is 145 cm³/mol. The number of hydrogen-bond acceptors (Lipinski definition) is 8. The van der Waals surface area contributed by atoms with E-state index < -0.39 is 17.7 Å². The Kier molecular flexibility index (Phi) is 8.09. The second-order valence-electron chi connectivity index (χ2n) is 9.49. The van der Waals surface area contributed by atoms with Crippen LogP contribution in [0.15, 0.2) is 60.9 Å². The third-order valence-electron chi connectivity index (χ3n) is 6.78. The van der Waals surface area contributed by atoms with Gasteiger partial charge in [0.2, 0.25) is 0 Å². The SMILES string of the molecule is O=C1CCC(=O)OC2(CNCCc3c2ccc(Cl)c3NCc2ccc(C(=O)NCCc3cccnc3)cc2)O1. The molecule has 10 heteroatoms. The normalized spacial score (nSPS) is 16.3. The van der Waals surface area contributed by atoms with Gasteiger partial charge in [0.15, 0.2) is 0 Å². The van der Waals surface area contributed by atoms with Gasteiger partial charge in [-0.1, -0.05) is 29.8 Å². The Labute approximate surface area is 231 Å². The van der Waals surface area contributed by atoms with Crippen molar-refractivity contribution >= 4 is 35.1 Å². The summed E-state index contributed by atoms with van der Waals surface area (Å²) in [5, 5.41) is 10.1. The quantitative estimate of drug-likeness (QED) is 0.384. The summed E-state index contributed by atoms with van der Waals surface area (Å²) in [5.74, 6) is -2.65. The van der Waals surface area contributed by atoms with Crippen LogP contribution in [0.2, 0.25) is 5.02 Å². The minimum Gasteiger partial charge on any atom is -0.416 e. The molecular formula is C29H29ClN4O5. The van der Waals surface area contributed by atoms with E-state index in [0.29, 0.717) is 54.3 Å². The number of carbonyl (C=O) groups excluding carboxylic acids is 3. The number of halogens is 1.